The zero-order valence-electron chi connectivity index (χ0n) is 22.8. The molecule has 0 saturated carbocycles. The molecule has 2 heterocycles. The number of H-pyrrole nitrogens is 2. The van der Waals surface area contributed by atoms with Crippen LogP contribution in [0, 0.1) is 20.2 Å². The lowest BCUT2D eigenvalue weighted by Crippen LogP contribution is -2.42. The number of rotatable bonds is 6. The number of benzene rings is 4. The number of nitrogens with two attached hydrogens (primary N) is 1. The van der Waals surface area contributed by atoms with Crippen LogP contribution >= 0.6 is 0 Å². The van der Waals surface area contributed by atoms with Gasteiger partial charge in [0, 0.05) is 29.4 Å². The van der Waals surface area contributed by atoms with Crippen LogP contribution in [0.4, 0.5) is 11.4 Å². The van der Waals surface area contributed by atoms with Crippen molar-refractivity contribution in [2.24, 2.45) is 5.14 Å². The Balaban J connectivity index is 1.71. The van der Waals surface area contributed by atoms with Crippen molar-refractivity contribution in [2.75, 3.05) is 0 Å². The quantitative estimate of drug-likeness (QED) is 0.104. The Morgan fingerprint density at radius 3 is 2.11 bits per heavy atom. The van der Waals surface area contributed by atoms with Crippen molar-refractivity contribution in [3.05, 3.63) is 116 Å². The molecular weight excluding hydrogens is 614 g/mol. The van der Waals surface area contributed by atoms with E-state index in [0.717, 1.165) is 27.3 Å². The normalized spacial score (nSPS) is 12.7. The van der Waals surface area contributed by atoms with Crippen molar-refractivity contribution >= 4 is 65.0 Å². The van der Waals surface area contributed by atoms with E-state index in [1.54, 1.807) is 12.1 Å². The zero-order chi connectivity index (χ0) is 32.5. The SMILES string of the molecule is CC(Cn1c(=O)c(=O)[nH]c2c3ccccc3c([N+](=O)[O-])cc21)n1c(=O)c(=O)[nH]c2cc([N+](=O)[O-])c3c(S(N)(=O)=O)cccc3c21. The third-order valence-corrected chi connectivity index (χ3v) is 8.49. The lowest BCUT2D eigenvalue weighted by Gasteiger charge is -2.21. The number of fused-ring (bicyclic) bond motifs is 6. The first kappa shape index (κ1) is 29.1. The van der Waals surface area contributed by atoms with Gasteiger partial charge in [-0.1, -0.05) is 30.3 Å². The minimum Gasteiger partial charge on any atom is -0.316 e. The van der Waals surface area contributed by atoms with Crippen LogP contribution in [0.15, 0.2) is 78.7 Å². The van der Waals surface area contributed by atoms with E-state index in [1.807, 2.05) is 0 Å². The summed E-state index contributed by atoms with van der Waals surface area (Å²) in [5.74, 6) is 0. The van der Waals surface area contributed by atoms with Crippen LogP contribution < -0.4 is 27.4 Å². The average Bonchev–Trinajstić information content (AvgIpc) is 2.98. The summed E-state index contributed by atoms with van der Waals surface area (Å²) < 4.78 is 26.7. The number of hydrogen-bond acceptors (Lipinski definition) is 10. The molecule has 0 aliphatic carbocycles. The Kier molecular flexibility index (Phi) is 6.48. The molecule has 6 rings (SSSR count). The molecule has 0 radical (unpaired) electrons. The number of hydrogen-bond donors (Lipinski definition) is 3. The first-order chi connectivity index (χ1) is 21.2. The van der Waals surface area contributed by atoms with E-state index < -0.39 is 70.7 Å². The zero-order valence-corrected chi connectivity index (χ0v) is 23.7. The van der Waals surface area contributed by atoms with E-state index in [-0.39, 0.29) is 43.9 Å². The molecule has 18 heteroatoms. The maximum Gasteiger partial charge on any atom is 0.317 e. The summed E-state index contributed by atoms with van der Waals surface area (Å²) in [6.45, 7) is 0.923. The Bertz CT molecular complexity index is 2670. The molecule has 4 N–H and O–H groups in total. The minimum absolute atomic E-state index is 0.0453. The van der Waals surface area contributed by atoms with Gasteiger partial charge in [0.25, 0.3) is 11.4 Å². The van der Waals surface area contributed by atoms with Gasteiger partial charge in [-0.2, -0.15) is 0 Å². The molecule has 4 aromatic carbocycles. The first-order valence-electron chi connectivity index (χ1n) is 12.9. The average molecular weight is 634 g/mol. The van der Waals surface area contributed by atoms with Gasteiger partial charge in [-0.25, -0.2) is 13.6 Å². The molecule has 0 aliphatic rings. The summed E-state index contributed by atoms with van der Waals surface area (Å²) in [6.07, 6.45) is 0. The van der Waals surface area contributed by atoms with Crippen LogP contribution in [-0.2, 0) is 16.6 Å². The van der Waals surface area contributed by atoms with E-state index in [2.05, 4.69) is 9.97 Å². The van der Waals surface area contributed by atoms with E-state index in [0.29, 0.717) is 0 Å². The van der Waals surface area contributed by atoms with Crippen LogP contribution in [0.25, 0.3) is 43.6 Å². The molecule has 0 amide bonds. The fourth-order valence-corrected chi connectivity index (χ4v) is 6.49. The molecule has 0 bridgehead atoms. The van der Waals surface area contributed by atoms with Crippen LogP contribution in [0.5, 0.6) is 0 Å². The predicted octanol–water partition coefficient (Wildman–Crippen LogP) is 1.72. The van der Waals surface area contributed by atoms with Gasteiger partial charge >= 0.3 is 22.2 Å². The van der Waals surface area contributed by atoms with Gasteiger partial charge in [-0.15, -0.1) is 0 Å². The van der Waals surface area contributed by atoms with Gasteiger partial charge in [0.15, 0.2) is 0 Å². The summed E-state index contributed by atoms with van der Waals surface area (Å²) in [5.41, 5.74) is -5.87. The Hall–Kier alpha value is -6.01. The number of nitrogens with zero attached hydrogens (tertiary/aromatic N) is 4. The molecule has 0 aliphatic heterocycles. The fraction of sp³-hybridized carbons (Fsp3) is 0.111. The number of aromatic amines is 2. The molecule has 0 saturated heterocycles. The highest BCUT2D eigenvalue weighted by molar-refractivity contribution is 7.89. The second kappa shape index (κ2) is 10.0. The van der Waals surface area contributed by atoms with Crippen molar-refractivity contribution in [1.29, 1.82) is 0 Å². The molecule has 2 aromatic heterocycles. The first-order valence-corrected chi connectivity index (χ1v) is 14.5. The number of nitrogens with one attached hydrogen (secondary N) is 2. The van der Waals surface area contributed by atoms with Crippen LogP contribution in [-0.4, -0.2) is 37.4 Å². The third kappa shape index (κ3) is 4.46. The molecule has 1 atom stereocenters. The van der Waals surface area contributed by atoms with E-state index in [9.17, 15) is 47.8 Å². The number of primary sulfonamides is 1. The minimum atomic E-state index is -4.52. The monoisotopic (exact) mass is 633 g/mol. The Morgan fingerprint density at radius 1 is 0.844 bits per heavy atom. The highest BCUT2D eigenvalue weighted by atomic mass is 32.2. The summed E-state index contributed by atoms with van der Waals surface area (Å²) in [7, 11) is -4.52. The Morgan fingerprint density at radius 2 is 1.47 bits per heavy atom. The lowest BCUT2D eigenvalue weighted by atomic mass is 10.1. The molecule has 0 spiro atoms. The molecule has 6 aromatic rings. The van der Waals surface area contributed by atoms with Crippen molar-refractivity contribution < 1.29 is 18.3 Å². The topological polar surface area (TPSA) is 256 Å². The summed E-state index contributed by atoms with van der Waals surface area (Å²) in [5, 5.41) is 29.2. The molecule has 228 valence electrons. The smallest absolute Gasteiger partial charge is 0.316 e. The van der Waals surface area contributed by atoms with Gasteiger partial charge in [0.05, 0.1) is 53.6 Å². The van der Waals surface area contributed by atoms with Gasteiger partial charge in [0.1, 0.15) is 0 Å². The maximum atomic E-state index is 13.4. The van der Waals surface area contributed by atoms with Gasteiger partial charge in [-0.3, -0.25) is 48.5 Å². The molecular formula is C27H19N7O10S. The number of non-ortho nitro benzene ring substituents is 2. The van der Waals surface area contributed by atoms with E-state index >= 15 is 0 Å². The van der Waals surface area contributed by atoms with Crippen molar-refractivity contribution in [1.82, 2.24) is 19.1 Å². The summed E-state index contributed by atoms with van der Waals surface area (Å²) in [4.78, 5) is 78.7. The second-order valence-electron chi connectivity index (χ2n) is 10.2. The number of aromatic nitrogens is 4. The lowest BCUT2D eigenvalue weighted by molar-refractivity contribution is -0.383. The van der Waals surface area contributed by atoms with Crippen molar-refractivity contribution in [2.45, 2.75) is 24.4 Å². The standard InChI is InChI=1S/C27H19N7O10S/c1-12(11-31-19-10-17(33(39)40)13-5-2-3-6-14(13)22(19)30-24(35)26(31)37)32-23-15-7-4-8-20(45(28,43)44)21(15)18(34(41)42)9-16(23)29-25(36)27(32)38/h2-10,12H,11H2,1H3,(H,29,36)(H,30,35)(H2,28,43,44). The highest BCUT2D eigenvalue weighted by Gasteiger charge is 2.27. The fourth-order valence-electron chi connectivity index (χ4n) is 5.72. The largest absolute Gasteiger partial charge is 0.317 e. The van der Waals surface area contributed by atoms with Crippen molar-refractivity contribution in [3.8, 4) is 0 Å². The van der Waals surface area contributed by atoms with E-state index in [1.165, 1.54) is 31.2 Å². The molecule has 45 heavy (non-hydrogen) atoms. The number of nitro groups is 2. The van der Waals surface area contributed by atoms with Crippen LogP contribution in [0.3, 0.4) is 0 Å². The second-order valence-corrected chi connectivity index (χ2v) is 11.7. The predicted molar refractivity (Wildman–Crippen MR) is 162 cm³/mol. The summed E-state index contributed by atoms with van der Waals surface area (Å²) in [6, 6.07) is 10.6. The maximum absolute atomic E-state index is 13.4. The van der Waals surface area contributed by atoms with Crippen LogP contribution in [0.1, 0.15) is 13.0 Å². The van der Waals surface area contributed by atoms with E-state index in [4.69, 9.17) is 5.14 Å². The van der Waals surface area contributed by atoms with Gasteiger partial charge in [-0.05, 0) is 19.1 Å². The molecule has 1 unspecified atom stereocenters. The Labute approximate surface area is 248 Å². The number of nitro benzene ring substituents is 2. The summed E-state index contributed by atoms with van der Waals surface area (Å²) >= 11 is 0. The van der Waals surface area contributed by atoms with Crippen molar-refractivity contribution in [3.63, 3.8) is 0 Å². The number of sulfonamides is 1. The molecule has 17 nitrogen and oxygen atoms in total. The van der Waals surface area contributed by atoms with Crippen LogP contribution in [0.2, 0.25) is 0 Å². The third-order valence-electron chi connectivity index (χ3n) is 7.53. The highest BCUT2D eigenvalue weighted by Crippen LogP contribution is 2.37. The van der Waals surface area contributed by atoms with Gasteiger partial charge < -0.3 is 9.97 Å². The van der Waals surface area contributed by atoms with Gasteiger partial charge in [0.2, 0.25) is 10.0 Å². The molecule has 0 fully saturated rings.